The zero-order valence-electron chi connectivity index (χ0n) is 19.6. The van der Waals surface area contributed by atoms with E-state index in [1.165, 1.54) is 28.5 Å². The second-order valence-electron chi connectivity index (χ2n) is 10.5. The number of nitrogens with zero attached hydrogens (tertiary/aromatic N) is 4. The highest BCUT2D eigenvalue weighted by molar-refractivity contribution is 5.97. The Bertz CT molecular complexity index is 1130. The number of amides is 1. The van der Waals surface area contributed by atoms with E-state index < -0.39 is 0 Å². The number of piperidine rings is 1. The van der Waals surface area contributed by atoms with Crippen LogP contribution in [0, 0.1) is 11.3 Å². The third-order valence-corrected chi connectivity index (χ3v) is 7.13. The lowest BCUT2D eigenvalue weighted by Crippen LogP contribution is -2.44. The van der Waals surface area contributed by atoms with Crippen LogP contribution in [0.5, 0.6) is 0 Å². The van der Waals surface area contributed by atoms with Crippen LogP contribution in [-0.4, -0.2) is 38.4 Å². The number of benzene rings is 1. The molecule has 1 amide bonds. The number of hydrogen-bond donors (Lipinski definition) is 0. The SMILES string of the molecule is CC(C)(C)C(=O)N1CCC(CCc2nccc(-c3cn4c5c(cccc35)CCC4)n2)CC1. The minimum absolute atomic E-state index is 0.276. The van der Waals surface area contributed by atoms with Gasteiger partial charge in [0.2, 0.25) is 5.91 Å². The summed E-state index contributed by atoms with van der Waals surface area (Å²) in [5, 5.41) is 1.31. The Morgan fingerprint density at radius 3 is 2.72 bits per heavy atom. The van der Waals surface area contributed by atoms with Crippen LogP contribution in [0.3, 0.4) is 0 Å². The van der Waals surface area contributed by atoms with Crippen molar-refractivity contribution < 1.29 is 4.79 Å². The van der Waals surface area contributed by atoms with Gasteiger partial charge in [-0.05, 0) is 49.7 Å². The Morgan fingerprint density at radius 1 is 1.12 bits per heavy atom. The smallest absolute Gasteiger partial charge is 0.227 e. The van der Waals surface area contributed by atoms with Crippen molar-refractivity contribution in [1.82, 2.24) is 19.4 Å². The first-order chi connectivity index (χ1) is 15.4. The number of para-hydroxylation sites is 1. The van der Waals surface area contributed by atoms with Crippen LogP contribution in [0.15, 0.2) is 36.7 Å². The number of carbonyl (C=O) groups excluding carboxylic acids is 1. The first-order valence-electron chi connectivity index (χ1n) is 12.1. The average Bonchev–Trinajstić information content (AvgIpc) is 3.18. The predicted molar refractivity (Wildman–Crippen MR) is 128 cm³/mol. The van der Waals surface area contributed by atoms with Gasteiger partial charge in [0, 0.05) is 54.8 Å². The van der Waals surface area contributed by atoms with E-state index in [1.807, 2.05) is 37.9 Å². The van der Waals surface area contributed by atoms with E-state index in [1.54, 1.807) is 0 Å². The molecule has 0 atom stereocenters. The van der Waals surface area contributed by atoms with Gasteiger partial charge < -0.3 is 9.47 Å². The summed E-state index contributed by atoms with van der Waals surface area (Å²) in [5.74, 6) is 1.85. The van der Waals surface area contributed by atoms with Gasteiger partial charge in [-0.3, -0.25) is 4.79 Å². The van der Waals surface area contributed by atoms with E-state index in [0.29, 0.717) is 5.92 Å². The van der Waals surface area contributed by atoms with Crippen molar-refractivity contribution >= 4 is 16.8 Å². The summed E-state index contributed by atoms with van der Waals surface area (Å²) in [6, 6.07) is 8.71. The maximum atomic E-state index is 12.5. The van der Waals surface area contributed by atoms with E-state index >= 15 is 0 Å². The fraction of sp³-hybridized carbons (Fsp3) is 0.519. The van der Waals surface area contributed by atoms with Gasteiger partial charge in [0.25, 0.3) is 0 Å². The molecule has 5 heteroatoms. The van der Waals surface area contributed by atoms with Crippen LogP contribution in [0.4, 0.5) is 0 Å². The summed E-state index contributed by atoms with van der Waals surface area (Å²) < 4.78 is 2.40. The highest BCUT2D eigenvalue weighted by atomic mass is 16.2. The molecule has 0 spiro atoms. The number of hydrogen-bond acceptors (Lipinski definition) is 3. The fourth-order valence-corrected chi connectivity index (χ4v) is 5.36. The van der Waals surface area contributed by atoms with Crippen LogP contribution < -0.4 is 0 Å². The normalized spacial score (nSPS) is 17.2. The number of aryl methyl sites for hydroxylation is 3. The van der Waals surface area contributed by atoms with Crippen molar-refractivity contribution in [3.63, 3.8) is 0 Å². The molecular weight excluding hydrogens is 396 g/mol. The molecule has 32 heavy (non-hydrogen) atoms. The Balaban J connectivity index is 1.26. The summed E-state index contributed by atoms with van der Waals surface area (Å²) >= 11 is 0. The molecule has 0 unspecified atom stereocenters. The molecule has 5 rings (SSSR count). The molecule has 0 radical (unpaired) electrons. The third-order valence-electron chi connectivity index (χ3n) is 7.13. The monoisotopic (exact) mass is 430 g/mol. The molecule has 1 aromatic carbocycles. The third kappa shape index (κ3) is 4.05. The van der Waals surface area contributed by atoms with Crippen molar-refractivity contribution in [3.8, 4) is 11.3 Å². The summed E-state index contributed by atoms with van der Waals surface area (Å²) in [6.07, 6.45) is 10.7. The molecule has 0 aliphatic carbocycles. The van der Waals surface area contributed by atoms with Gasteiger partial charge in [0.1, 0.15) is 5.82 Å². The number of carbonyl (C=O) groups is 1. The van der Waals surface area contributed by atoms with E-state index in [4.69, 9.17) is 4.98 Å². The molecule has 3 aromatic rings. The van der Waals surface area contributed by atoms with E-state index in [9.17, 15) is 4.79 Å². The van der Waals surface area contributed by atoms with Crippen molar-refractivity contribution in [2.75, 3.05) is 13.1 Å². The zero-order chi connectivity index (χ0) is 22.3. The van der Waals surface area contributed by atoms with Crippen LogP contribution >= 0.6 is 0 Å². The lowest BCUT2D eigenvalue weighted by Gasteiger charge is -2.35. The minimum Gasteiger partial charge on any atom is -0.347 e. The molecular formula is C27H34N4O. The molecule has 2 aliphatic heterocycles. The Kier molecular flexibility index (Phi) is 5.52. The lowest BCUT2D eigenvalue weighted by atomic mass is 9.89. The molecule has 4 heterocycles. The summed E-state index contributed by atoms with van der Waals surface area (Å²) in [4.78, 5) is 24.1. The Labute approximate surface area is 190 Å². The van der Waals surface area contributed by atoms with Crippen LogP contribution in [-0.2, 0) is 24.2 Å². The quantitative estimate of drug-likeness (QED) is 0.567. The zero-order valence-corrected chi connectivity index (χ0v) is 19.6. The second kappa shape index (κ2) is 8.34. The average molecular weight is 431 g/mol. The molecule has 0 N–H and O–H groups in total. The van der Waals surface area contributed by atoms with Gasteiger partial charge >= 0.3 is 0 Å². The molecule has 2 aromatic heterocycles. The first-order valence-corrected chi connectivity index (χ1v) is 12.1. The van der Waals surface area contributed by atoms with Crippen molar-refractivity contribution in [1.29, 1.82) is 0 Å². The maximum Gasteiger partial charge on any atom is 0.227 e. The van der Waals surface area contributed by atoms with E-state index in [-0.39, 0.29) is 11.3 Å². The highest BCUT2D eigenvalue weighted by Crippen LogP contribution is 2.34. The number of aromatic nitrogens is 3. The topological polar surface area (TPSA) is 51.0 Å². The summed E-state index contributed by atoms with van der Waals surface area (Å²) in [7, 11) is 0. The van der Waals surface area contributed by atoms with E-state index in [0.717, 1.165) is 63.3 Å². The van der Waals surface area contributed by atoms with Crippen molar-refractivity contribution in [2.24, 2.45) is 11.3 Å². The fourth-order valence-electron chi connectivity index (χ4n) is 5.36. The molecule has 0 saturated carbocycles. The predicted octanol–water partition coefficient (Wildman–Crippen LogP) is 5.26. The number of rotatable bonds is 4. The second-order valence-corrected chi connectivity index (χ2v) is 10.5. The summed E-state index contributed by atoms with van der Waals surface area (Å²) in [6.45, 7) is 8.87. The van der Waals surface area contributed by atoms with Crippen molar-refractivity contribution in [3.05, 3.63) is 48.0 Å². The minimum atomic E-state index is -0.287. The Hall–Kier alpha value is -2.69. The van der Waals surface area contributed by atoms with Gasteiger partial charge in [0.05, 0.1) is 11.2 Å². The molecule has 168 valence electrons. The highest BCUT2D eigenvalue weighted by Gasteiger charge is 2.30. The largest absolute Gasteiger partial charge is 0.347 e. The van der Waals surface area contributed by atoms with E-state index in [2.05, 4.69) is 33.9 Å². The molecule has 0 bridgehead atoms. The molecule has 5 nitrogen and oxygen atoms in total. The molecule has 2 aliphatic rings. The maximum absolute atomic E-state index is 12.5. The standard InChI is InChI=1S/C27H34N4O/c1-27(2,3)26(32)30-16-12-19(13-17-30)9-10-24-28-14-11-23(29-24)22-18-31-15-5-7-20-6-4-8-21(22)25(20)31/h4,6,8,11,14,18-19H,5,7,9-10,12-13,15-17H2,1-3H3. The number of likely N-dealkylation sites (tertiary alicyclic amines) is 1. The summed E-state index contributed by atoms with van der Waals surface area (Å²) in [5.41, 5.74) is 4.80. The van der Waals surface area contributed by atoms with Gasteiger partial charge in [-0.1, -0.05) is 39.0 Å². The van der Waals surface area contributed by atoms with Gasteiger partial charge in [-0.25, -0.2) is 9.97 Å². The molecule has 1 saturated heterocycles. The Morgan fingerprint density at radius 2 is 1.94 bits per heavy atom. The van der Waals surface area contributed by atoms with Gasteiger partial charge in [-0.2, -0.15) is 0 Å². The van der Waals surface area contributed by atoms with Gasteiger partial charge in [-0.15, -0.1) is 0 Å². The molecule has 1 fully saturated rings. The van der Waals surface area contributed by atoms with Crippen LogP contribution in [0.25, 0.3) is 22.2 Å². The van der Waals surface area contributed by atoms with Crippen molar-refractivity contribution in [2.45, 2.75) is 65.8 Å². The van der Waals surface area contributed by atoms with Crippen LogP contribution in [0.2, 0.25) is 0 Å². The van der Waals surface area contributed by atoms with Gasteiger partial charge in [0.15, 0.2) is 0 Å². The lowest BCUT2D eigenvalue weighted by molar-refractivity contribution is -0.140. The van der Waals surface area contributed by atoms with Crippen LogP contribution in [0.1, 0.15) is 57.8 Å². The first kappa shape index (κ1) is 21.2.